The fraction of sp³-hybridized carbons (Fsp3) is 0.571. The summed E-state index contributed by atoms with van der Waals surface area (Å²) in [4.78, 5) is 6.85. The Balaban J connectivity index is 2.40. The number of aromatic amines is 1. The SMILES string of the molecule is C[C@@H](CO)Cc1cnc[nH]1. The van der Waals surface area contributed by atoms with Crippen LogP contribution in [0, 0.1) is 5.92 Å². The summed E-state index contributed by atoms with van der Waals surface area (Å²) < 4.78 is 0. The number of aromatic nitrogens is 2. The molecule has 1 aromatic rings. The van der Waals surface area contributed by atoms with Gasteiger partial charge in [-0.2, -0.15) is 0 Å². The van der Waals surface area contributed by atoms with Crippen molar-refractivity contribution < 1.29 is 5.11 Å². The molecule has 0 fully saturated rings. The zero-order valence-electron chi connectivity index (χ0n) is 6.04. The summed E-state index contributed by atoms with van der Waals surface area (Å²) in [5, 5.41) is 8.70. The van der Waals surface area contributed by atoms with Gasteiger partial charge in [-0.25, -0.2) is 4.98 Å². The number of rotatable bonds is 3. The largest absolute Gasteiger partial charge is 0.396 e. The molecule has 1 aromatic heterocycles. The van der Waals surface area contributed by atoms with Crippen molar-refractivity contribution in [2.75, 3.05) is 6.61 Å². The Morgan fingerprint density at radius 3 is 3.10 bits per heavy atom. The fourth-order valence-electron chi connectivity index (χ4n) is 0.836. The predicted molar refractivity (Wildman–Crippen MR) is 38.5 cm³/mol. The van der Waals surface area contributed by atoms with Crippen LogP contribution in [-0.4, -0.2) is 21.7 Å². The van der Waals surface area contributed by atoms with Gasteiger partial charge in [0.05, 0.1) is 6.33 Å². The van der Waals surface area contributed by atoms with Crippen LogP contribution in [0.15, 0.2) is 12.5 Å². The molecule has 10 heavy (non-hydrogen) atoms. The van der Waals surface area contributed by atoms with Crippen LogP contribution in [0.4, 0.5) is 0 Å². The van der Waals surface area contributed by atoms with Crippen molar-refractivity contribution in [3.63, 3.8) is 0 Å². The summed E-state index contributed by atoms with van der Waals surface area (Å²) in [7, 11) is 0. The Bertz CT molecular complexity index is 172. The van der Waals surface area contributed by atoms with Crippen LogP contribution in [0.1, 0.15) is 12.6 Å². The van der Waals surface area contributed by atoms with Crippen molar-refractivity contribution in [2.45, 2.75) is 13.3 Å². The third kappa shape index (κ3) is 1.84. The van der Waals surface area contributed by atoms with Crippen LogP contribution < -0.4 is 0 Å². The average Bonchev–Trinajstić information content (AvgIpc) is 2.40. The van der Waals surface area contributed by atoms with Gasteiger partial charge in [-0.15, -0.1) is 0 Å². The maximum Gasteiger partial charge on any atom is 0.0921 e. The van der Waals surface area contributed by atoms with E-state index in [9.17, 15) is 0 Å². The molecule has 0 spiro atoms. The van der Waals surface area contributed by atoms with E-state index in [-0.39, 0.29) is 6.61 Å². The number of aliphatic hydroxyl groups excluding tert-OH is 1. The normalized spacial score (nSPS) is 13.4. The van der Waals surface area contributed by atoms with E-state index < -0.39 is 0 Å². The summed E-state index contributed by atoms with van der Waals surface area (Å²) in [5.74, 6) is 0.320. The van der Waals surface area contributed by atoms with Gasteiger partial charge in [0, 0.05) is 18.5 Å². The molecular weight excluding hydrogens is 128 g/mol. The molecule has 2 N–H and O–H groups in total. The second kappa shape index (κ2) is 3.37. The molecule has 3 heteroatoms. The standard InChI is InChI=1S/C7H12N2O/c1-6(4-10)2-7-3-8-5-9-7/h3,5-6,10H,2,4H2,1H3,(H,8,9)/t6-/m1/s1. The van der Waals surface area contributed by atoms with Crippen molar-refractivity contribution in [1.29, 1.82) is 0 Å². The molecule has 0 aliphatic heterocycles. The minimum absolute atomic E-state index is 0.235. The molecule has 0 saturated heterocycles. The lowest BCUT2D eigenvalue weighted by Crippen LogP contribution is -2.04. The van der Waals surface area contributed by atoms with Gasteiger partial charge < -0.3 is 10.1 Å². The van der Waals surface area contributed by atoms with E-state index in [2.05, 4.69) is 9.97 Å². The molecule has 1 rings (SSSR count). The van der Waals surface area contributed by atoms with E-state index in [0.29, 0.717) is 5.92 Å². The van der Waals surface area contributed by atoms with Gasteiger partial charge >= 0.3 is 0 Å². The summed E-state index contributed by atoms with van der Waals surface area (Å²) in [5.41, 5.74) is 1.08. The van der Waals surface area contributed by atoms with Crippen LogP contribution in [0.2, 0.25) is 0 Å². The Kier molecular flexibility index (Phi) is 2.45. The first-order chi connectivity index (χ1) is 4.83. The highest BCUT2D eigenvalue weighted by atomic mass is 16.3. The molecular formula is C7H12N2O. The molecule has 0 unspecified atom stereocenters. The topological polar surface area (TPSA) is 48.9 Å². The maximum absolute atomic E-state index is 8.70. The smallest absolute Gasteiger partial charge is 0.0921 e. The number of hydrogen-bond donors (Lipinski definition) is 2. The third-order valence-corrected chi connectivity index (χ3v) is 1.43. The number of nitrogens with one attached hydrogen (secondary N) is 1. The molecule has 0 aromatic carbocycles. The molecule has 0 aliphatic carbocycles. The molecule has 56 valence electrons. The quantitative estimate of drug-likeness (QED) is 0.645. The Morgan fingerprint density at radius 2 is 2.60 bits per heavy atom. The first-order valence-corrected chi connectivity index (χ1v) is 3.41. The maximum atomic E-state index is 8.70. The van der Waals surface area contributed by atoms with Gasteiger partial charge in [0.15, 0.2) is 0 Å². The second-order valence-electron chi connectivity index (χ2n) is 2.57. The number of H-pyrrole nitrogens is 1. The van der Waals surface area contributed by atoms with Gasteiger partial charge in [-0.1, -0.05) is 6.92 Å². The predicted octanol–water partition coefficient (Wildman–Crippen LogP) is 0.581. The lowest BCUT2D eigenvalue weighted by molar-refractivity contribution is 0.236. The van der Waals surface area contributed by atoms with Crippen molar-refractivity contribution in [3.8, 4) is 0 Å². The van der Waals surface area contributed by atoms with Gasteiger partial charge in [0.25, 0.3) is 0 Å². The average molecular weight is 140 g/mol. The third-order valence-electron chi connectivity index (χ3n) is 1.43. The van der Waals surface area contributed by atoms with E-state index in [1.54, 1.807) is 12.5 Å². The number of imidazole rings is 1. The molecule has 0 bridgehead atoms. The molecule has 0 amide bonds. The highest BCUT2D eigenvalue weighted by Gasteiger charge is 2.01. The lowest BCUT2D eigenvalue weighted by Gasteiger charge is -2.03. The Hall–Kier alpha value is -0.830. The van der Waals surface area contributed by atoms with E-state index in [1.165, 1.54) is 0 Å². The first-order valence-electron chi connectivity index (χ1n) is 3.41. The number of aliphatic hydroxyl groups is 1. The Labute approximate surface area is 60.1 Å². The lowest BCUT2D eigenvalue weighted by atomic mass is 10.1. The summed E-state index contributed by atoms with van der Waals surface area (Å²) in [6, 6.07) is 0. The summed E-state index contributed by atoms with van der Waals surface area (Å²) in [6.07, 6.45) is 4.31. The van der Waals surface area contributed by atoms with Gasteiger partial charge in [-0.05, 0) is 12.3 Å². The highest BCUT2D eigenvalue weighted by molar-refractivity contribution is 4.94. The van der Waals surface area contributed by atoms with Crippen LogP contribution in [0.3, 0.4) is 0 Å². The zero-order valence-corrected chi connectivity index (χ0v) is 6.04. The molecule has 0 radical (unpaired) electrons. The summed E-state index contributed by atoms with van der Waals surface area (Å²) >= 11 is 0. The van der Waals surface area contributed by atoms with Crippen LogP contribution >= 0.6 is 0 Å². The van der Waals surface area contributed by atoms with Crippen LogP contribution in [0.5, 0.6) is 0 Å². The second-order valence-corrected chi connectivity index (χ2v) is 2.57. The summed E-state index contributed by atoms with van der Waals surface area (Å²) in [6.45, 7) is 2.24. The van der Waals surface area contributed by atoms with Crippen molar-refractivity contribution in [3.05, 3.63) is 18.2 Å². The monoisotopic (exact) mass is 140 g/mol. The number of nitrogens with zero attached hydrogens (tertiary/aromatic N) is 1. The molecule has 1 heterocycles. The Morgan fingerprint density at radius 1 is 1.80 bits per heavy atom. The fourth-order valence-corrected chi connectivity index (χ4v) is 0.836. The van der Waals surface area contributed by atoms with E-state index in [0.717, 1.165) is 12.1 Å². The van der Waals surface area contributed by atoms with Crippen LogP contribution in [-0.2, 0) is 6.42 Å². The molecule has 1 atom stereocenters. The highest BCUT2D eigenvalue weighted by Crippen LogP contribution is 2.02. The first kappa shape index (κ1) is 7.28. The van der Waals surface area contributed by atoms with Gasteiger partial charge in [-0.3, -0.25) is 0 Å². The van der Waals surface area contributed by atoms with E-state index in [1.807, 2.05) is 6.92 Å². The van der Waals surface area contributed by atoms with Crippen molar-refractivity contribution in [1.82, 2.24) is 9.97 Å². The molecule has 0 saturated carbocycles. The minimum Gasteiger partial charge on any atom is -0.396 e. The number of hydrogen-bond acceptors (Lipinski definition) is 2. The van der Waals surface area contributed by atoms with Gasteiger partial charge in [0.1, 0.15) is 0 Å². The molecule has 3 nitrogen and oxygen atoms in total. The zero-order chi connectivity index (χ0) is 7.40. The van der Waals surface area contributed by atoms with E-state index >= 15 is 0 Å². The van der Waals surface area contributed by atoms with Gasteiger partial charge in [0.2, 0.25) is 0 Å². The minimum atomic E-state index is 0.235. The van der Waals surface area contributed by atoms with Crippen molar-refractivity contribution in [2.24, 2.45) is 5.92 Å². The van der Waals surface area contributed by atoms with Crippen LogP contribution in [0.25, 0.3) is 0 Å². The van der Waals surface area contributed by atoms with E-state index in [4.69, 9.17) is 5.11 Å². The van der Waals surface area contributed by atoms with Crippen molar-refractivity contribution >= 4 is 0 Å². The molecule has 0 aliphatic rings.